The Morgan fingerprint density at radius 2 is 2.17 bits per heavy atom. The molecule has 0 amide bonds. The summed E-state index contributed by atoms with van der Waals surface area (Å²) in [7, 11) is 4.05. The first-order chi connectivity index (χ1) is 8.76. The molecule has 0 spiro atoms. The normalized spacial score (nSPS) is 32.2. The molecule has 3 rings (SSSR count). The van der Waals surface area contributed by atoms with Gasteiger partial charge in [-0.15, -0.1) is 0 Å². The summed E-state index contributed by atoms with van der Waals surface area (Å²) in [5.74, 6) is 1.00. The quantitative estimate of drug-likeness (QED) is 0.793. The number of hydrogen-bond donors (Lipinski definition) is 0. The summed E-state index contributed by atoms with van der Waals surface area (Å²) in [6, 6.07) is 9.50. The predicted molar refractivity (Wildman–Crippen MR) is 74.2 cm³/mol. The van der Waals surface area contributed by atoms with Crippen LogP contribution in [0, 0.1) is 0 Å². The van der Waals surface area contributed by atoms with Gasteiger partial charge in [-0.1, -0.05) is 25.0 Å². The topological polar surface area (TPSA) is 12.5 Å². The van der Waals surface area contributed by atoms with Gasteiger partial charge in [0.05, 0.1) is 7.11 Å². The van der Waals surface area contributed by atoms with E-state index in [1.165, 1.54) is 44.2 Å². The third kappa shape index (κ3) is 1.74. The van der Waals surface area contributed by atoms with Gasteiger partial charge >= 0.3 is 0 Å². The second kappa shape index (κ2) is 4.58. The zero-order valence-electron chi connectivity index (χ0n) is 11.5. The van der Waals surface area contributed by atoms with E-state index < -0.39 is 0 Å². The van der Waals surface area contributed by atoms with Gasteiger partial charge in [0.25, 0.3) is 0 Å². The number of likely N-dealkylation sites (N-methyl/N-ethyl adjacent to an activating group) is 1. The van der Waals surface area contributed by atoms with Crippen molar-refractivity contribution in [3.8, 4) is 5.75 Å². The van der Waals surface area contributed by atoms with Crippen LogP contribution in [0.2, 0.25) is 0 Å². The van der Waals surface area contributed by atoms with Crippen LogP contribution in [0.5, 0.6) is 5.75 Å². The van der Waals surface area contributed by atoms with Crippen molar-refractivity contribution in [1.29, 1.82) is 0 Å². The minimum atomic E-state index is 0.390. The number of rotatable bonds is 2. The SMILES string of the molecule is COc1cccc([C@]23CCCC[C@@H]2N(C)CC3)c1. The molecule has 18 heavy (non-hydrogen) atoms. The van der Waals surface area contributed by atoms with Crippen molar-refractivity contribution in [1.82, 2.24) is 4.90 Å². The molecule has 0 bridgehead atoms. The van der Waals surface area contributed by atoms with Gasteiger partial charge in [-0.3, -0.25) is 0 Å². The van der Waals surface area contributed by atoms with Crippen molar-refractivity contribution in [2.45, 2.75) is 43.6 Å². The minimum absolute atomic E-state index is 0.390. The molecule has 2 aliphatic rings. The number of benzene rings is 1. The highest BCUT2D eigenvalue weighted by Crippen LogP contribution is 2.48. The second-order valence-corrected chi connectivity index (χ2v) is 5.88. The van der Waals surface area contributed by atoms with Crippen molar-refractivity contribution in [2.75, 3.05) is 20.7 Å². The monoisotopic (exact) mass is 245 g/mol. The van der Waals surface area contributed by atoms with E-state index in [9.17, 15) is 0 Å². The Balaban J connectivity index is 2.01. The molecule has 2 nitrogen and oxygen atoms in total. The molecule has 0 unspecified atom stereocenters. The van der Waals surface area contributed by atoms with Crippen LogP contribution in [0.4, 0.5) is 0 Å². The van der Waals surface area contributed by atoms with Crippen LogP contribution >= 0.6 is 0 Å². The molecule has 2 fully saturated rings. The first kappa shape index (κ1) is 12.0. The Hall–Kier alpha value is -1.02. The van der Waals surface area contributed by atoms with Crippen molar-refractivity contribution < 1.29 is 4.74 Å². The second-order valence-electron chi connectivity index (χ2n) is 5.88. The van der Waals surface area contributed by atoms with Crippen LogP contribution in [0.15, 0.2) is 24.3 Å². The molecule has 1 aromatic rings. The Labute approximate surface area is 110 Å². The zero-order valence-corrected chi connectivity index (χ0v) is 11.5. The van der Waals surface area contributed by atoms with Gasteiger partial charge < -0.3 is 9.64 Å². The van der Waals surface area contributed by atoms with Crippen LogP contribution in [0.25, 0.3) is 0 Å². The number of ether oxygens (including phenoxy) is 1. The maximum absolute atomic E-state index is 5.40. The molecular formula is C16H23NO. The van der Waals surface area contributed by atoms with E-state index >= 15 is 0 Å². The molecule has 2 heteroatoms. The smallest absolute Gasteiger partial charge is 0.119 e. The number of hydrogen-bond acceptors (Lipinski definition) is 2. The van der Waals surface area contributed by atoms with Crippen LogP contribution in [-0.2, 0) is 5.41 Å². The standard InChI is InChI=1S/C16H23NO/c1-17-11-10-16(9-4-3-8-15(16)17)13-6-5-7-14(12-13)18-2/h5-7,12,15H,3-4,8-11H2,1-2H3/t15-,16+/m0/s1. The average Bonchev–Trinajstić information content (AvgIpc) is 2.78. The Kier molecular flexibility index (Phi) is 3.06. The van der Waals surface area contributed by atoms with Gasteiger partial charge in [-0.2, -0.15) is 0 Å². The van der Waals surface area contributed by atoms with Crippen LogP contribution < -0.4 is 4.74 Å². The summed E-state index contributed by atoms with van der Waals surface area (Å²) in [6.07, 6.45) is 6.77. The van der Waals surface area contributed by atoms with E-state index in [-0.39, 0.29) is 0 Å². The molecule has 1 aliphatic carbocycles. The van der Waals surface area contributed by atoms with Crippen molar-refractivity contribution in [2.24, 2.45) is 0 Å². The van der Waals surface area contributed by atoms with Crippen LogP contribution in [0.3, 0.4) is 0 Å². The van der Waals surface area contributed by atoms with Crippen LogP contribution in [-0.4, -0.2) is 31.6 Å². The largest absolute Gasteiger partial charge is 0.497 e. The van der Waals surface area contributed by atoms with Gasteiger partial charge in [0.1, 0.15) is 5.75 Å². The van der Waals surface area contributed by atoms with E-state index in [0.29, 0.717) is 5.41 Å². The molecule has 1 saturated carbocycles. The van der Waals surface area contributed by atoms with Gasteiger partial charge in [0.2, 0.25) is 0 Å². The molecule has 0 aromatic heterocycles. The molecule has 1 aliphatic heterocycles. The fourth-order valence-electron chi connectivity index (χ4n) is 4.10. The number of methoxy groups -OCH3 is 1. The summed E-state index contributed by atoms with van der Waals surface area (Å²) >= 11 is 0. The molecular weight excluding hydrogens is 222 g/mol. The third-order valence-electron chi connectivity index (χ3n) is 5.08. The highest BCUT2D eigenvalue weighted by Gasteiger charge is 2.48. The first-order valence-electron chi connectivity index (χ1n) is 7.11. The molecule has 1 saturated heterocycles. The Morgan fingerprint density at radius 3 is 3.00 bits per heavy atom. The van der Waals surface area contributed by atoms with Gasteiger partial charge in [0.15, 0.2) is 0 Å². The molecule has 98 valence electrons. The molecule has 0 N–H and O–H groups in total. The fraction of sp³-hybridized carbons (Fsp3) is 0.625. The molecule has 0 radical (unpaired) electrons. The predicted octanol–water partition coefficient (Wildman–Crippen LogP) is 3.21. The lowest BCUT2D eigenvalue weighted by atomic mass is 9.66. The first-order valence-corrected chi connectivity index (χ1v) is 7.11. The van der Waals surface area contributed by atoms with Crippen molar-refractivity contribution in [3.05, 3.63) is 29.8 Å². The lowest BCUT2D eigenvalue weighted by molar-refractivity contribution is 0.181. The fourth-order valence-corrected chi connectivity index (χ4v) is 4.10. The van der Waals surface area contributed by atoms with Gasteiger partial charge in [0, 0.05) is 11.5 Å². The summed E-state index contributed by atoms with van der Waals surface area (Å²) in [4.78, 5) is 2.57. The highest BCUT2D eigenvalue weighted by molar-refractivity contribution is 5.37. The lowest BCUT2D eigenvalue weighted by Gasteiger charge is -2.41. The summed E-state index contributed by atoms with van der Waals surface area (Å²) in [5, 5.41) is 0. The molecule has 1 aromatic carbocycles. The Bertz CT molecular complexity index is 427. The maximum atomic E-state index is 5.40. The zero-order chi connectivity index (χ0) is 12.6. The summed E-state index contributed by atoms with van der Waals surface area (Å²) in [5.41, 5.74) is 1.89. The highest BCUT2D eigenvalue weighted by atomic mass is 16.5. The van der Waals surface area contributed by atoms with E-state index in [0.717, 1.165) is 11.8 Å². The van der Waals surface area contributed by atoms with E-state index in [1.54, 1.807) is 7.11 Å². The summed E-state index contributed by atoms with van der Waals surface area (Å²) < 4.78 is 5.40. The number of likely N-dealkylation sites (tertiary alicyclic amines) is 1. The van der Waals surface area contributed by atoms with E-state index in [2.05, 4.69) is 36.2 Å². The van der Waals surface area contributed by atoms with Crippen molar-refractivity contribution >= 4 is 0 Å². The minimum Gasteiger partial charge on any atom is -0.497 e. The lowest BCUT2D eigenvalue weighted by Crippen LogP contribution is -2.43. The van der Waals surface area contributed by atoms with E-state index in [1.807, 2.05) is 0 Å². The number of nitrogens with zero attached hydrogens (tertiary/aromatic N) is 1. The molecule has 1 heterocycles. The Morgan fingerprint density at radius 1 is 1.28 bits per heavy atom. The number of fused-ring (bicyclic) bond motifs is 1. The van der Waals surface area contributed by atoms with Crippen molar-refractivity contribution in [3.63, 3.8) is 0 Å². The third-order valence-corrected chi connectivity index (χ3v) is 5.08. The van der Waals surface area contributed by atoms with Gasteiger partial charge in [-0.05, 0) is 50.6 Å². The van der Waals surface area contributed by atoms with Gasteiger partial charge in [-0.25, -0.2) is 0 Å². The average molecular weight is 245 g/mol. The maximum Gasteiger partial charge on any atom is 0.119 e. The molecule has 2 atom stereocenters. The van der Waals surface area contributed by atoms with E-state index in [4.69, 9.17) is 4.74 Å². The summed E-state index contributed by atoms with van der Waals surface area (Å²) in [6.45, 7) is 1.24. The van der Waals surface area contributed by atoms with Crippen LogP contribution in [0.1, 0.15) is 37.7 Å².